The Morgan fingerprint density at radius 2 is 1.35 bits per heavy atom. The molecule has 2 fully saturated rings. The Bertz CT molecular complexity index is 1000. The van der Waals surface area contributed by atoms with Gasteiger partial charge in [-0.1, -0.05) is 0 Å². The molecule has 6 unspecified atom stereocenters. The molecular weight excluding hydrogens is 757 g/mol. The van der Waals surface area contributed by atoms with E-state index in [1.807, 2.05) is 39.3 Å². The number of epoxide rings is 1. The van der Waals surface area contributed by atoms with Crippen molar-refractivity contribution in [3.05, 3.63) is 0 Å². The number of fused-ring (bicyclic) bond motifs is 1. The molecule has 0 spiro atoms. The standard InChI is InChI=1S/C28H56F8O8Si5/c1-45(41-46(2,3)18-10-16-38-22-26(29,40-36)28(33,34)35)42-49(8,20-13-23-11-12-24-25(21-23)39-24)44-48(6,7)43-47(4,5)19-9-15-37-17-14-27(30,31)32/h23-25,45H,9-22H2,1-8H3. The quantitative estimate of drug-likeness (QED) is 0.0414. The molecule has 2 rings (SSSR count). The number of hydrogen-bond acceptors (Lipinski definition) is 8. The molecule has 49 heavy (non-hydrogen) atoms. The van der Waals surface area contributed by atoms with E-state index >= 15 is 0 Å². The van der Waals surface area contributed by atoms with Gasteiger partial charge in [0.2, 0.25) is 0 Å². The fraction of sp³-hybridized carbons (Fsp3) is 1.00. The minimum atomic E-state index is -5.57. The summed E-state index contributed by atoms with van der Waals surface area (Å²) in [5.74, 6) is -4.01. The van der Waals surface area contributed by atoms with Crippen LogP contribution < -0.4 is 0 Å². The normalized spacial score (nSPS) is 23.9. The predicted octanol–water partition coefficient (Wildman–Crippen LogP) is 8.94. The molecular formula is C28H56F8O8Si5. The average molecular weight is 813 g/mol. The molecule has 0 amide bonds. The van der Waals surface area contributed by atoms with Gasteiger partial charge in [-0.25, -0.2) is 0 Å². The summed E-state index contributed by atoms with van der Waals surface area (Å²) in [6.07, 6.45) is -5.10. The fourth-order valence-electron chi connectivity index (χ4n) is 6.33. The molecule has 292 valence electrons. The Kier molecular flexibility index (Phi) is 17.1. The molecule has 1 saturated heterocycles. The Morgan fingerprint density at radius 1 is 0.735 bits per heavy atom. The fourth-order valence-corrected chi connectivity index (χ4v) is 28.7. The molecule has 0 radical (unpaired) electrons. The highest BCUT2D eigenvalue weighted by molar-refractivity contribution is 6.88. The van der Waals surface area contributed by atoms with Crippen LogP contribution >= 0.6 is 0 Å². The summed E-state index contributed by atoms with van der Waals surface area (Å²) in [4.78, 5) is 2.52. The minimum Gasteiger partial charge on any atom is -0.439 e. The number of halogens is 8. The molecule has 1 heterocycles. The van der Waals surface area contributed by atoms with Crippen LogP contribution in [0.1, 0.15) is 44.9 Å². The van der Waals surface area contributed by atoms with Gasteiger partial charge in [0.25, 0.3) is 9.28 Å². The molecule has 21 heteroatoms. The van der Waals surface area contributed by atoms with Crippen LogP contribution in [0, 0.1) is 5.92 Å². The molecule has 2 aliphatic rings. The summed E-state index contributed by atoms with van der Waals surface area (Å²) < 4.78 is 144. The highest BCUT2D eigenvalue weighted by Gasteiger charge is 2.59. The lowest BCUT2D eigenvalue weighted by atomic mass is 9.88. The van der Waals surface area contributed by atoms with Crippen molar-refractivity contribution in [1.29, 1.82) is 0 Å². The highest BCUT2D eigenvalue weighted by Crippen LogP contribution is 2.42. The van der Waals surface area contributed by atoms with Gasteiger partial charge >= 0.3 is 35.3 Å². The molecule has 6 atom stereocenters. The van der Waals surface area contributed by atoms with E-state index in [2.05, 4.69) is 18.0 Å². The third kappa shape index (κ3) is 17.7. The van der Waals surface area contributed by atoms with Crippen LogP contribution in [-0.2, 0) is 35.6 Å². The summed E-state index contributed by atoms with van der Waals surface area (Å²) in [5.41, 5.74) is 0. The first-order chi connectivity index (χ1) is 22.3. The van der Waals surface area contributed by atoms with Gasteiger partial charge in [0.1, 0.15) is 6.61 Å². The first-order valence-corrected chi connectivity index (χ1v) is 30.6. The van der Waals surface area contributed by atoms with Crippen LogP contribution in [-0.4, -0.2) is 99.9 Å². The van der Waals surface area contributed by atoms with Crippen LogP contribution in [0.3, 0.4) is 0 Å². The Labute approximate surface area is 291 Å². The van der Waals surface area contributed by atoms with Crippen molar-refractivity contribution in [3.8, 4) is 0 Å². The second-order valence-corrected chi connectivity index (χ2v) is 33.3. The Morgan fingerprint density at radius 3 is 1.92 bits per heavy atom. The summed E-state index contributed by atoms with van der Waals surface area (Å²) in [6, 6.07) is 1.92. The smallest absolute Gasteiger partial charge is 0.439 e. The Balaban J connectivity index is 1.95. The van der Waals surface area contributed by atoms with Crippen LogP contribution in [0.4, 0.5) is 35.3 Å². The molecule has 8 nitrogen and oxygen atoms in total. The molecule has 0 N–H and O–H groups in total. The molecule has 0 aromatic heterocycles. The third-order valence-electron chi connectivity index (χ3n) is 8.50. The van der Waals surface area contributed by atoms with Gasteiger partial charge in [0.05, 0.1) is 25.2 Å². The lowest BCUT2D eigenvalue weighted by Crippen LogP contribution is -2.57. The van der Waals surface area contributed by atoms with Gasteiger partial charge in [-0.3, -0.25) is 0 Å². The zero-order valence-electron chi connectivity index (χ0n) is 30.0. The summed E-state index contributed by atoms with van der Waals surface area (Å²) in [5, 5.41) is 0. The van der Waals surface area contributed by atoms with E-state index < -0.39 is 74.3 Å². The van der Waals surface area contributed by atoms with Gasteiger partial charge in [-0.15, -0.1) is 4.94 Å². The second kappa shape index (κ2) is 18.5. The van der Waals surface area contributed by atoms with Crippen molar-refractivity contribution >= 4 is 43.0 Å². The van der Waals surface area contributed by atoms with E-state index in [0.717, 1.165) is 31.7 Å². The number of rotatable bonds is 24. The first kappa shape index (κ1) is 45.4. The lowest BCUT2D eigenvalue weighted by molar-refractivity contribution is -0.411. The SMILES string of the molecule is C[SiH](O[Si](C)(C)CCCOCC(F)(OF)C(F)(F)F)O[Si](C)(CCC1CCC2OC2C1)O[Si](C)(C)O[Si](C)(C)CCCOCCC(F)(F)F. The maximum absolute atomic E-state index is 13.6. The summed E-state index contributed by atoms with van der Waals surface area (Å²) >= 11 is 0. The van der Waals surface area contributed by atoms with Crippen LogP contribution in [0.5, 0.6) is 0 Å². The number of ether oxygens (including phenoxy) is 3. The highest BCUT2D eigenvalue weighted by atomic mass is 28.5. The molecule has 0 bridgehead atoms. The number of alkyl halides is 7. The predicted molar refractivity (Wildman–Crippen MR) is 180 cm³/mol. The van der Waals surface area contributed by atoms with Gasteiger partial charge in [-0.05, 0) is 119 Å². The van der Waals surface area contributed by atoms with Crippen molar-refractivity contribution in [2.75, 3.05) is 26.4 Å². The van der Waals surface area contributed by atoms with E-state index in [1.165, 1.54) is 0 Å². The topological polar surface area (TPSA) is 77.1 Å². The average Bonchev–Trinajstić information content (AvgIpc) is 3.70. The maximum Gasteiger partial charge on any atom is 0.454 e. The zero-order valence-corrected chi connectivity index (χ0v) is 35.2. The van der Waals surface area contributed by atoms with E-state index in [0.29, 0.717) is 36.6 Å². The first-order valence-electron chi connectivity index (χ1n) is 17.0. The van der Waals surface area contributed by atoms with Gasteiger partial charge in [0.15, 0.2) is 16.6 Å². The van der Waals surface area contributed by atoms with E-state index in [9.17, 15) is 35.3 Å². The van der Waals surface area contributed by atoms with Crippen molar-refractivity contribution in [2.45, 2.75) is 146 Å². The van der Waals surface area contributed by atoms with E-state index in [-0.39, 0.29) is 26.2 Å². The lowest BCUT2D eigenvalue weighted by Gasteiger charge is -2.41. The maximum atomic E-state index is 13.6. The monoisotopic (exact) mass is 812 g/mol. The molecule has 1 saturated carbocycles. The summed E-state index contributed by atoms with van der Waals surface area (Å²) in [7, 11) is -12.6. The molecule has 0 aromatic rings. The van der Waals surface area contributed by atoms with Crippen LogP contribution in [0.2, 0.25) is 70.5 Å². The van der Waals surface area contributed by atoms with Crippen LogP contribution in [0.15, 0.2) is 0 Å². The Hall–Kier alpha value is 0.204. The second-order valence-electron chi connectivity index (χ2n) is 15.0. The minimum absolute atomic E-state index is 0.226. The van der Waals surface area contributed by atoms with Crippen LogP contribution in [0.25, 0.3) is 0 Å². The molecule has 1 aliphatic heterocycles. The zero-order chi connectivity index (χ0) is 37.4. The summed E-state index contributed by atoms with van der Waals surface area (Å²) in [6.45, 7) is 14.0. The van der Waals surface area contributed by atoms with Crippen molar-refractivity contribution in [1.82, 2.24) is 0 Å². The van der Waals surface area contributed by atoms with Gasteiger partial charge < -0.3 is 30.7 Å². The van der Waals surface area contributed by atoms with Crippen molar-refractivity contribution in [2.24, 2.45) is 5.92 Å². The van der Waals surface area contributed by atoms with E-state index in [4.69, 9.17) is 30.7 Å². The molecule has 0 aromatic carbocycles. The van der Waals surface area contributed by atoms with Gasteiger partial charge in [-0.2, -0.15) is 30.7 Å². The van der Waals surface area contributed by atoms with Crippen molar-refractivity contribution < 1.29 is 70.9 Å². The largest absolute Gasteiger partial charge is 0.454 e. The molecule has 1 aliphatic carbocycles. The van der Waals surface area contributed by atoms with Gasteiger partial charge in [0, 0.05) is 13.2 Å². The van der Waals surface area contributed by atoms with Crippen molar-refractivity contribution in [3.63, 3.8) is 0 Å². The number of hydrogen-bond donors (Lipinski definition) is 0. The van der Waals surface area contributed by atoms with E-state index in [1.54, 1.807) is 0 Å². The third-order valence-corrected chi connectivity index (χ3v) is 27.9.